The van der Waals surface area contributed by atoms with Crippen LogP contribution in [-0.4, -0.2) is 27.1 Å². The van der Waals surface area contributed by atoms with Gasteiger partial charge < -0.3 is 5.32 Å². The summed E-state index contributed by atoms with van der Waals surface area (Å²) < 4.78 is 26.0. The second kappa shape index (κ2) is 10.2. The monoisotopic (exact) mass is 476 g/mol. The maximum absolute atomic E-state index is 12.4. The second-order valence-corrected chi connectivity index (χ2v) is 9.73. The summed E-state index contributed by atoms with van der Waals surface area (Å²) in [5.41, 5.74) is 2.51. The van der Waals surface area contributed by atoms with Gasteiger partial charge in [0, 0.05) is 27.7 Å². The van der Waals surface area contributed by atoms with Crippen molar-refractivity contribution in [1.82, 2.24) is 5.32 Å². The van der Waals surface area contributed by atoms with E-state index in [1.807, 2.05) is 30.3 Å². The lowest BCUT2D eigenvalue weighted by atomic mass is 10.1. The average Bonchev–Trinajstić information content (AvgIpc) is 2.73. The minimum Gasteiger partial charge on any atom is -0.352 e. The fourth-order valence-corrected chi connectivity index (χ4v) is 4.46. The molecule has 5 nitrogen and oxygen atoms in total. The SMILES string of the molecule is CS(=O)(=O)N(Cc1c(Cl)cccc1Cl)c1ccc(C(=O)NCCc2ccccc2)cc1. The highest BCUT2D eigenvalue weighted by atomic mass is 35.5. The summed E-state index contributed by atoms with van der Waals surface area (Å²) in [6, 6.07) is 21.3. The zero-order chi connectivity index (χ0) is 22.4. The normalized spacial score (nSPS) is 11.2. The first-order valence-electron chi connectivity index (χ1n) is 9.58. The lowest BCUT2D eigenvalue weighted by molar-refractivity contribution is 0.0954. The third kappa shape index (κ3) is 6.23. The number of hydrogen-bond acceptors (Lipinski definition) is 3. The Balaban J connectivity index is 1.72. The van der Waals surface area contributed by atoms with E-state index < -0.39 is 10.0 Å². The van der Waals surface area contributed by atoms with E-state index in [-0.39, 0.29) is 12.5 Å². The molecule has 0 saturated heterocycles. The van der Waals surface area contributed by atoms with Crippen LogP contribution in [-0.2, 0) is 23.0 Å². The van der Waals surface area contributed by atoms with Crippen molar-refractivity contribution in [2.45, 2.75) is 13.0 Å². The van der Waals surface area contributed by atoms with Gasteiger partial charge in [-0.3, -0.25) is 9.10 Å². The summed E-state index contributed by atoms with van der Waals surface area (Å²) in [6.45, 7) is 0.491. The van der Waals surface area contributed by atoms with Gasteiger partial charge in [-0.2, -0.15) is 0 Å². The van der Waals surface area contributed by atoms with Gasteiger partial charge in [0.25, 0.3) is 5.91 Å². The van der Waals surface area contributed by atoms with E-state index in [4.69, 9.17) is 23.2 Å². The van der Waals surface area contributed by atoms with E-state index in [1.54, 1.807) is 42.5 Å². The molecular weight excluding hydrogens is 455 g/mol. The maximum atomic E-state index is 12.4. The molecule has 0 atom stereocenters. The van der Waals surface area contributed by atoms with Gasteiger partial charge in [0.1, 0.15) is 0 Å². The Bertz CT molecular complexity index is 1130. The van der Waals surface area contributed by atoms with Crippen LogP contribution in [0.5, 0.6) is 0 Å². The minimum absolute atomic E-state index is 0.0139. The van der Waals surface area contributed by atoms with Crippen LogP contribution in [0.1, 0.15) is 21.5 Å². The predicted molar refractivity (Wildman–Crippen MR) is 126 cm³/mol. The third-order valence-corrected chi connectivity index (χ3v) is 6.57. The number of carbonyl (C=O) groups is 1. The molecule has 0 fully saturated rings. The first-order chi connectivity index (χ1) is 14.8. The van der Waals surface area contributed by atoms with Gasteiger partial charge in [-0.15, -0.1) is 0 Å². The Morgan fingerprint density at radius 3 is 2.10 bits per heavy atom. The van der Waals surface area contributed by atoms with E-state index in [9.17, 15) is 13.2 Å². The molecule has 1 N–H and O–H groups in total. The van der Waals surface area contributed by atoms with Gasteiger partial charge in [0.05, 0.1) is 18.5 Å². The van der Waals surface area contributed by atoms with E-state index in [0.29, 0.717) is 33.4 Å². The van der Waals surface area contributed by atoms with Crippen LogP contribution in [0.2, 0.25) is 10.0 Å². The fourth-order valence-electron chi connectivity index (χ4n) is 3.07. The van der Waals surface area contributed by atoms with Crippen LogP contribution in [0.25, 0.3) is 0 Å². The molecule has 0 heterocycles. The average molecular weight is 477 g/mol. The highest BCUT2D eigenvalue weighted by Crippen LogP contribution is 2.29. The van der Waals surface area contributed by atoms with Gasteiger partial charge >= 0.3 is 0 Å². The van der Waals surface area contributed by atoms with E-state index in [1.165, 1.54) is 4.31 Å². The summed E-state index contributed by atoms with van der Waals surface area (Å²) in [7, 11) is -3.61. The zero-order valence-corrected chi connectivity index (χ0v) is 19.2. The molecule has 0 radical (unpaired) electrons. The molecule has 0 spiro atoms. The van der Waals surface area contributed by atoms with Gasteiger partial charge in [-0.05, 0) is 48.4 Å². The second-order valence-electron chi connectivity index (χ2n) is 7.01. The predicted octanol–water partition coefficient (Wildman–Crippen LogP) is 4.93. The number of halogens is 2. The number of nitrogens with zero attached hydrogens (tertiary/aromatic N) is 1. The smallest absolute Gasteiger partial charge is 0.251 e. The van der Waals surface area contributed by atoms with Gasteiger partial charge in [0.2, 0.25) is 10.0 Å². The van der Waals surface area contributed by atoms with E-state index >= 15 is 0 Å². The van der Waals surface area contributed by atoms with Crippen LogP contribution in [0, 0.1) is 0 Å². The molecule has 0 aliphatic carbocycles. The molecule has 0 bridgehead atoms. The van der Waals surface area contributed by atoms with Gasteiger partial charge in [0.15, 0.2) is 0 Å². The highest BCUT2D eigenvalue weighted by molar-refractivity contribution is 7.92. The van der Waals surface area contributed by atoms with Crippen LogP contribution < -0.4 is 9.62 Å². The number of anilines is 1. The molecule has 8 heteroatoms. The molecule has 0 aliphatic heterocycles. The Labute approximate surface area is 192 Å². The van der Waals surface area contributed by atoms with Gasteiger partial charge in [-0.25, -0.2) is 8.42 Å². The first-order valence-corrected chi connectivity index (χ1v) is 12.2. The molecular formula is C23H22Cl2N2O3S. The molecule has 31 heavy (non-hydrogen) atoms. The van der Waals surface area contributed by atoms with Crippen LogP contribution in [0.3, 0.4) is 0 Å². The van der Waals surface area contributed by atoms with Crippen molar-refractivity contribution in [2.75, 3.05) is 17.1 Å². The number of sulfonamides is 1. The lowest BCUT2D eigenvalue weighted by Crippen LogP contribution is -2.30. The van der Waals surface area contributed by atoms with Crippen molar-refractivity contribution in [2.24, 2.45) is 0 Å². The maximum Gasteiger partial charge on any atom is 0.251 e. The van der Waals surface area contributed by atoms with Crippen molar-refractivity contribution in [3.8, 4) is 0 Å². The van der Waals surface area contributed by atoms with Crippen LogP contribution in [0.15, 0.2) is 72.8 Å². The molecule has 1 amide bonds. The minimum atomic E-state index is -3.61. The summed E-state index contributed by atoms with van der Waals surface area (Å²) in [5, 5.41) is 3.65. The summed E-state index contributed by atoms with van der Waals surface area (Å²) in [4.78, 5) is 12.4. The number of rotatable bonds is 8. The Morgan fingerprint density at radius 2 is 1.52 bits per heavy atom. The Hall–Kier alpha value is -2.54. The number of benzene rings is 3. The van der Waals surface area contributed by atoms with E-state index in [2.05, 4.69) is 5.32 Å². The highest BCUT2D eigenvalue weighted by Gasteiger charge is 2.21. The third-order valence-electron chi connectivity index (χ3n) is 4.72. The Morgan fingerprint density at radius 1 is 0.903 bits per heavy atom. The molecule has 3 aromatic carbocycles. The first kappa shape index (κ1) is 23.1. The molecule has 0 aliphatic rings. The molecule has 0 aromatic heterocycles. The summed E-state index contributed by atoms with van der Waals surface area (Å²) in [6.07, 6.45) is 1.84. The summed E-state index contributed by atoms with van der Waals surface area (Å²) >= 11 is 12.4. The summed E-state index contributed by atoms with van der Waals surface area (Å²) in [5.74, 6) is -0.220. The Kier molecular flexibility index (Phi) is 7.59. The molecule has 3 rings (SSSR count). The fraction of sp³-hybridized carbons (Fsp3) is 0.174. The lowest BCUT2D eigenvalue weighted by Gasteiger charge is -2.23. The molecule has 3 aromatic rings. The van der Waals surface area contributed by atoms with E-state index in [0.717, 1.165) is 18.2 Å². The number of hydrogen-bond donors (Lipinski definition) is 1. The van der Waals surface area contributed by atoms with Crippen molar-refractivity contribution >= 4 is 44.8 Å². The van der Waals surface area contributed by atoms with Crippen molar-refractivity contribution < 1.29 is 13.2 Å². The van der Waals surface area contributed by atoms with Gasteiger partial charge in [-0.1, -0.05) is 59.6 Å². The van der Waals surface area contributed by atoms with Crippen molar-refractivity contribution in [3.05, 3.63) is 99.5 Å². The zero-order valence-electron chi connectivity index (χ0n) is 16.9. The van der Waals surface area contributed by atoms with Crippen LogP contribution in [0.4, 0.5) is 5.69 Å². The number of carbonyl (C=O) groups excluding carboxylic acids is 1. The van der Waals surface area contributed by atoms with Crippen LogP contribution >= 0.6 is 23.2 Å². The molecule has 0 saturated carbocycles. The molecule has 162 valence electrons. The largest absolute Gasteiger partial charge is 0.352 e. The number of nitrogens with one attached hydrogen (secondary N) is 1. The molecule has 0 unspecified atom stereocenters. The quantitative estimate of drug-likeness (QED) is 0.500. The number of amides is 1. The van der Waals surface area contributed by atoms with Crippen molar-refractivity contribution in [3.63, 3.8) is 0 Å². The van der Waals surface area contributed by atoms with Crippen molar-refractivity contribution in [1.29, 1.82) is 0 Å². The standard InChI is InChI=1S/C23H22Cl2N2O3S/c1-31(29,30)27(16-20-21(24)8-5-9-22(20)25)19-12-10-18(11-13-19)23(28)26-15-14-17-6-3-2-4-7-17/h2-13H,14-16H2,1H3,(H,26,28). The topological polar surface area (TPSA) is 66.5 Å².